The molecule has 2 atom stereocenters. The Balaban J connectivity index is 1.36. The second kappa shape index (κ2) is 9.87. The summed E-state index contributed by atoms with van der Waals surface area (Å²) in [5.41, 5.74) is 1.81. The molecular weight excluding hydrogens is 370 g/mol. The van der Waals surface area contributed by atoms with E-state index in [0.717, 1.165) is 57.2 Å². The van der Waals surface area contributed by atoms with E-state index in [4.69, 9.17) is 9.47 Å². The minimum atomic E-state index is -0.185. The molecule has 2 aliphatic heterocycles. The van der Waals surface area contributed by atoms with E-state index in [1.165, 1.54) is 0 Å². The lowest BCUT2D eigenvalue weighted by molar-refractivity contribution is 0.00222. The second-order valence-corrected chi connectivity index (χ2v) is 7.54. The first-order chi connectivity index (χ1) is 14.3. The minimum absolute atomic E-state index is 0.185. The highest BCUT2D eigenvalue weighted by Gasteiger charge is 2.31. The fourth-order valence-corrected chi connectivity index (χ4v) is 4.07. The normalized spacial score (nSPS) is 21.0. The number of amides is 2. The summed E-state index contributed by atoms with van der Waals surface area (Å²) in [5.74, 6) is 0.445. The number of nitrogens with zero attached hydrogens (tertiary/aromatic N) is 3. The molecule has 0 saturated carbocycles. The number of hydrogen-bond acceptors (Lipinski definition) is 5. The summed E-state index contributed by atoms with van der Waals surface area (Å²) in [6.45, 7) is 6.07. The van der Waals surface area contributed by atoms with Crippen molar-refractivity contribution in [1.29, 1.82) is 0 Å². The molecule has 0 spiro atoms. The number of ether oxygens (including phenoxy) is 2. The molecule has 0 bridgehead atoms. The van der Waals surface area contributed by atoms with Crippen LogP contribution in [-0.4, -0.2) is 72.8 Å². The molecule has 3 heterocycles. The molecule has 0 radical (unpaired) electrons. The maximum atomic E-state index is 12.7. The molecule has 2 N–H and O–H groups in total. The van der Waals surface area contributed by atoms with Gasteiger partial charge in [-0.1, -0.05) is 18.2 Å². The van der Waals surface area contributed by atoms with Crippen LogP contribution in [0, 0.1) is 5.92 Å². The summed E-state index contributed by atoms with van der Waals surface area (Å²) in [6, 6.07) is 9.79. The fourth-order valence-electron chi connectivity index (χ4n) is 4.07. The Morgan fingerprint density at radius 1 is 1.17 bits per heavy atom. The first kappa shape index (κ1) is 19.9. The van der Waals surface area contributed by atoms with Crippen LogP contribution in [0.25, 0.3) is 0 Å². The molecule has 29 heavy (non-hydrogen) atoms. The van der Waals surface area contributed by atoms with E-state index in [0.29, 0.717) is 19.0 Å². The number of benzene rings is 1. The molecule has 8 heteroatoms. The van der Waals surface area contributed by atoms with E-state index in [1.54, 1.807) is 6.20 Å². The number of urea groups is 1. The van der Waals surface area contributed by atoms with Gasteiger partial charge in [0.2, 0.25) is 0 Å². The summed E-state index contributed by atoms with van der Waals surface area (Å²) in [7, 11) is 0. The van der Waals surface area contributed by atoms with Crippen molar-refractivity contribution in [2.45, 2.75) is 19.0 Å². The van der Waals surface area contributed by atoms with Crippen LogP contribution in [-0.2, 0) is 16.0 Å². The molecule has 2 aliphatic rings. The zero-order chi connectivity index (χ0) is 19.9. The van der Waals surface area contributed by atoms with E-state index in [1.807, 2.05) is 41.2 Å². The van der Waals surface area contributed by atoms with Crippen molar-refractivity contribution in [2.75, 3.05) is 51.4 Å². The maximum Gasteiger partial charge on any atom is 0.319 e. The van der Waals surface area contributed by atoms with Gasteiger partial charge in [0.25, 0.3) is 0 Å². The number of morpholine rings is 1. The van der Waals surface area contributed by atoms with Gasteiger partial charge in [-0.05, 0) is 24.1 Å². The van der Waals surface area contributed by atoms with Crippen LogP contribution in [0.15, 0.2) is 42.7 Å². The number of carbonyl (C=O) groups excluding carboxylic acids is 1. The number of rotatable bonds is 7. The van der Waals surface area contributed by atoms with Gasteiger partial charge in [0.05, 0.1) is 26.4 Å². The van der Waals surface area contributed by atoms with E-state index in [-0.39, 0.29) is 12.1 Å². The van der Waals surface area contributed by atoms with E-state index >= 15 is 0 Å². The Labute approximate surface area is 171 Å². The smallest absolute Gasteiger partial charge is 0.319 e. The number of aromatic nitrogens is 2. The Hall–Kier alpha value is -2.42. The summed E-state index contributed by atoms with van der Waals surface area (Å²) in [6.07, 6.45) is 4.70. The maximum absolute atomic E-state index is 12.7. The summed E-state index contributed by atoms with van der Waals surface area (Å²) in [5, 5.41) is 10.3. The van der Waals surface area contributed by atoms with Crippen LogP contribution >= 0.6 is 0 Å². The number of para-hydroxylation sites is 1. The van der Waals surface area contributed by atoms with Crippen molar-refractivity contribution >= 4 is 11.7 Å². The van der Waals surface area contributed by atoms with Gasteiger partial charge in [-0.3, -0.25) is 9.58 Å². The third kappa shape index (κ3) is 5.35. The zero-order valence-electron chi connectivity index (χ0n) is 16.6. The molecule has 8 nitrogen and oxygen atoms in total. The second-order valence-electron chi connectivity index (χ2n) is 7.54. The molecule has 0 aliphatic carbocycles. The third-order valence-electron chi connectivity index (χ3n) is 5.65. The first-order valence-corrected chi connectivity index (χ1v) is 10.3. The summed E-state index contributed by atoms with van der Waals surface area (Å²) >= 11 is 0. The lowest BCUT2D eigenvalue weighted by atomic mass is 9.97. The average molecular weight is 399 g/mol. The molecule has 2 amide bonds. The van der Waals surface area contributed by atoms with E-state index in [9.17, 15) is 4.79 Å². The van der Waals surface area contributed by atoms with Crippen molar-refractivity contribution in [3.05, 3.63) is 48.3 Å². The highest BCUT2D eigenvalue weighted by Crippen LogP contribution is 2.22. The Morgan fingerprint density at radius 2 is 2.03 bits per heavy atom. The van der Waals surface area contributed by atoms with Gasteiger partial charge < -0.3 is 20.1 Å². The number of carbonyl (C=O) groups is 1. The number of nitrogens with one attached hydrogen (secondary N) is 2. The van der Waals surface area contributed by atoms with E-state index in [2.05, 4.69) is 20.6 Å². The van der Waals surface area contributed by atoms with Crippen LogP contribution < -0.4 is 10.6 Å². The van der Waals surface area contributed by atoms with Crippen LogP contribution in [0.1, 0.15) is 12.0 Å². The van der Waals surface area contributed by atoms with Crippen LogP contribution in [0.5, 0.6) is 0 Å². The molecule has 1 aromatic carbocycles. The summed E-state index contributed by atoms with van der Waals surface area (Å²) < 4.78 is 12.9. The lowest BCUT2D eigenvalue weighted by Gasteiger charge is -2.37. The number of hydrogen-bond donors (Lipinski definition) is 2. The van der Waals surface area contributed by atoms with Gasteiger partial charge in [-0.25, -0.2) is 4.79 Å². The Bertz CT molecular complexity index is 770. The highest BCUT2D eigenvalue weighted by molar-refractivity contribution is 5.90. The monoisotopic (exact) mass is 399 g/mol. The fraction of sp³-hybridized carbons (Fsp3) is 0.524. The average Bonchev–Trinajstić information content (AvgIpc) is 3.45. The van der Waals surface area contributed by atoms with Gasteiger partial charge in [-0.2, -0.15) is 5.10 Å². The predicted octanol–water partition coefficient (Wildman–Crippen LogP) is 1.79. The Morgan fingerprint density at radius 3 is 2.79 bits per heavy atom. The highest BCUT2D eigenvalue weighted by atomic mass is 16.5. The topological polar surface area (TPSA) is 80.6 Å². The van der Waals surface area contributed by atoms with Gasteiger partial charge in [0, 0.05) is 56.3 Å². The molecular formula is C21H29N5O3. The predicted molar refractivity (Wildman–Crippen MR) is 110 cm³/mol. The van der Waals surface area contributed by atoms with Crippen LogP contribution in [0.4, 0.5) is 10.5 Å². The van der Waals surface area contributed by atoms with Crippen molar-refractivity contribution in [1.82, 2.24) is 20.0 Å². The molecule has 2 saturated heterocycles. The van der Waals surface area contributed by atoms with Crippen LogP contribution in [0.3, 0.4) is 0 Å². The largest absolute Gasteiger partial charge is 0.381 e. The third-order valence-corrected chi connectivity index (χ3v) is 5.65. The van der Waals surface area contributed by atoms with Gasteiger partial charge in [-0.15, -0.1) is 0 Å². The SMILES string of the molecule is O=C(NC[C@@H]([C@H]1CCOC1)N1CCOCC1)Nc1ccccc1Cn1cccn1. The van der Waals surface area contributed by atoms with Gasteiger partial charge >= 0.3 is 6.03 Å². The van der Waals surface area contributed by atoms with Crippen molar-refractivity contribution in [3.63, 3.8) is 0 Å². The van der Waals surface area contributed by atoms with Crippen molar-refractivity contribution in [3.8, 4) is 0 Å². The molecule has 156 valence electrons. The summed E-state index contributed by atoms with van der Waals surface area (Å²) in [4.78, 5) is 15.1. The molecule has 2 aromatic rings. The molecule has 1 aromatic heterocycles. The Kier molecular flexibility index (Phi) is 6.76. The van der Waals surface area contributed by atoms with Crippen molar-refractivity contribution < 1.29 is 14.3 Å². The zero-order valence-corrected chi connectivity index (χ0v) is 16.6. The molecule has 0 unspecified atom stereocenters. The standard InChI is InChI=1S/C21H29N5O3/c27-21(24-19-5-2-1-4-17(19)15-26-8-3-7-23-26)22-14-20(18-6-11-29-16-18)25-9-12-28-13-10-25/h1-5,7-8,18,20H,6,9-16H2,(H2,22,24,27)/t18-,20-/m0/s1. The molecule has 4 rings (SSSR count). The minimum Gasteiger partial charge on any atom is -0.381 e. The van der Waals surface area contributed by atoms with Crippen LogP contribution in [0.2, 0.25) is 0 Å². The van der Waals surface area contributed by atoms with E-state index < -0.39 is 0 Å². The molecule has 2 fully saturated rings. The quantitative estimate of drug-likeness (QED) is 0.742. The first-order valence-electron chi connectivity index (χ1n) is 10.3. The van der Waals surface area contributed by atoms with Gasteiger partial charge in [0.15, 0.2) is 0 Å². The number of anilines is 1. The van der Waals surface area contributed by atoms with Gasteiger partial charge in [0.1, 0.15) is 0 Å². The lowest BCUT2D eigenvalue weighted by Crippen LogP contribution is -2.52. The van der Waals surface area contributed by atoms with Crippen molar-refractivity contribution in [2.24, 2.45) is 5.92 Å².